The quantitative estimate of drug-likeness (QED) is 0.240. The molecule has 9 heteroatoms. The van der Waals surface area contributed by atoms with E-state index in [4.69, 9.17) is 4.74 Å². The van der Waals surface area contributed by atoms with E-state index in [2.05, 4.69) is 11.4 Å². The third-order valence-electron chi connectivity index (χ3n) is 7.90. The van der Waals surface area contributed by atoms with Gasteiger partial charge in [-0.1, -0.05) is 84.4 Å². The molecular weight excluding hydrogens is 574 g/mol. The van der Waals surface area contributed by atoms with Crippen LogP contribution in [0.25, 0.3) is 0 Å². The summed E-state index contributed by atoms with van der Waals surface area (Å²) < 4.78 is 32.2. The summed E-state index contributed by atoms with van der Waals surface area (Å²) in [6.45, 7) is 0.258. The molecule has 0 radical (unpaired) electrons. The maximum Gasteiger partial charge on any atom is 0.243 e. The summed E-state index contributed by atoms with van der Waals surface area (Å²) >= 11 is 0. The van der Waals surface area contributed by atoms with Crippen molar-refractivity contribution in [3.8, 4) is 5.75 Å². The summed E-state index contributed by atoms with van der Waals surface area (Å²) in [5.74, 6) is -0.0392. The Balaban J connectivity index is 1.63. The van der Waals surface area contributed by atoms with E-state index in [1.165, 1.54) is 27.6 Å². The van der Waals surface area contributed by atoms with E-state index in [-0.39, 0.29) is 25.4 Å². The van der Waals surface area contributed by atoms with E-state index >= 15 is 0 Å². The minimum atomic E-state index is -3.74. The minimum absolute atomic E-state index is 0.0481. The van der Waals surface area contributed by atoms with Crippen LogP contribution in [-0.2, 0) is 39.1 Å². The highest BCUT2D eigenvalue weighted by Crippen LogP contribution is 2.21. The van der Waals surface area contributed by atoms with E-state index in [0.717, 1.165) is 42.2 Å². The van der Waals surface area contributed by atoms with Crippen LogP contribution in [0.2, 0.25) is 0 Å². The van der Waals surface area contributed by atoms with Crippen LogP contribution in [0.15, 0.2) is 96.6 Å². The Morgan fingerprint density at radius 3 is 2.09 bits per heavy atom. The zero-order valence-electron chi connectivity index (χ0n) is 25.7. The van der Waals surface area contributed by atoms with Crippen molar-refractivity contribution in [1.82, 2.24) is 14.5 Å². The van der Waals surface area contributed by atoms with Crippen LogP contribution in [0.3, 0.4) is 0 Å². The second-order valence-electron chi connectivity index (χ2n) is 11.2. The third kappa shape index (κ3) is 10.1. The van der Waals surface area contributed by atoms with Crippen molar-refractivity contribution < 1.29 is 22.7 Å². The van der Waals surface area contributed by atoms with Crippen molar-refractivity contribution in [2.45, 2.75) is 57.7 Å². The number of carbonyl (C=O) groups is 2. The second kappa shape index (κ2) is 16.2. The van der Waals surface area contributed by atoms with Gasteiger partial charge in [0.25, 0.3) is 0 Å². The van der Waals surface area contributed by atoms with Crippen LogP contribution in [0.1, 0.15) is 48.8 Å². The molecule has 3 aromatic carbocycles. The highest BCUT2D eigenvalue weighted by atomic mass is 32.2. The maximum absolute atomic E-state index is 14.2. The van der Waals surface area contributed by atoms with Gasteiger partial charge >= 0.3 is 0 Å². The fourth-order valence-corrected chi connectivity index (χ4v) is 6.13. The number of carbonyl (C=O) groups excluding carboxylic acids is 2. The number of methoxy groups -OCH3 is 1. The summed E-state index contributed by atoms with van der Waals surface area (Å²) in [5, 5.41) is 3.09. The summed E-state index contributed by atoms with van der Waals surface area (Å²) in [5.41, 5.74) is 3.82. The Morgan fingerprint density at radius 1 is 0.864 bits per heavy atom. The molecule has 0 aromatic heterocycles. The molecule has 0 aliphatic heterocycles. The lowest BCUT2D eigenvalue weighted by molar-refractivity contribution is -0.141. The summed E-state index contributed by atoms with van der Waals surface area (Å²) in [6.07, 6.45) is 8.92. The molecule has 1 N–H and O–H groups in total. The first-order valence-corrected chi connectivity index (χ1v) is 17.0. The van der Waals surface area contributed by atoms with Gasteiger partial charge in [0.2, 0.25) is 21.8 Å². The van der Waals surface area contributed by atoms with Crippen LogP contribution in [0.4, 0.5) is 0 Å². The fraction of sp³-hybridized carbons (Fsp3) is 0.371. The van der Waals surface area contributed by atoms with Crippen LogP contribution >= 0.6 is 0 Å². The first-order chi connectivity index (χ1) is 21.2. The van der Waals surface area contributed by atoms with Crippen molar-refractivity contribution in [2.24, 2.45) is 0 Å². The smallest absolute Gasteiger partial charge is 0.243 e. The van der Waals surface area contributed by atoms with Gasteiger partial charge in [-0.15, -0.1) is 0 Å². The van der Waals surface area contributed by atoms with E-state index in [1.54, 1.807) is 19.2 Å². The van der Waals surface area contributed by atoms with Gasteiger partial charge in [-0.2, -0.15) is 4.31 Å². The van der Waals surface area contributed by atoms with Crippen LogP contribution in [0.5, 0.6) is 5.75 Å². The molecule has 44 heavy (non-hydrogen) atoms. The zero-order valence-corrected chi connectivity index (χ0v) is 26.5. The van der Waals surface area contributed by atoms with Crippen LogP contribution in [0, 0.1) is 0 Å². The summed E-state index contributed by atoms with van der Waals surface area (Å²) in [6, 6.07) is 25.2. The molecular formula is C35H43N3O5S. The molecule has 234 valence electrons. The molecule has 0 bridgehead atoms. The van der Waals surface area contributed by atoms with E-state index < -0.39 is 28.5 Å². The van der Waals surface area contributed by atoms with Crippen LogP contribution in [-0.4, -0.2) is 61.9 Å². The number of amides is 2. The number of benzene rings is 3. The van der Waals surface area contributed by atoms with Crippen molar-refractivity contribution in [2.75, 3.05) is 26.5 Å². The predicted octanol–water partition coefficient (Wildman–Crippen LogP) is 5.10. The number of ether oxygens (including phenoxy) is 1. The molecule has 0 fully saturated rings. The predicted molar refractivity (Wildman–Crippen MR) is 173 cm³/mol. The first kappa shape index (κ1) is 33.0. The molecule has 0 saturated heterocycles. The van der Waals surface area contributed by atoms with Crippen molar-refractivity contribution in [1.29, 1.82) is 0 Å². The third-order valence-corrected chi connectivity index (χ3v) is 9.09. The molecule has 0 heterocycles. The van der Waals surface area contributed by atoms with Gasteiger partial charge in [0.05, 0.1) is 19.9 Å². The van der Waals surface area contributed by atoms with Crippen molar-refractivity contribution >= 4 is 21.8 Å². The standard InChI is InChI=1S/C35H43N3O5S/c1-43-32-20-18-31(19-21-32)26-38(34(39)27-37(44(2,41)42)25-30-16-10-5-11-17-30)33(24-29-14-8-4-9-15-29)35(40)36-23-22-28-12-6-3-7-13-28/h4-5,8-12,14-21,33H,3,6-7,13,22-27H2,1-2H3,(H,36,40)/t33-/m0/s1. The Bertz CT molecular complexity index is 1490. The number of hydrogen-bond donors (Lipinski definition) is 1. The number of rotatable bonds is 15. The lowest BCUT2D eigenvalue weighted by atomic mass is 9.97. The van der Waals surface area contributed by atoms with Gasteiger partial charge in [0, 0.05) is 26.1 Å². The molecule has 1 aliphatic carbocycles. The van der Waals surface area contributed by atoms with Gasteiger partial charge in [0.15, 0.2) is 0 Å². The van der Waals surface area contributed by atoms with Crippen molar-refractivity contribution in [3.05, 3.63) is 113 Å². The van der Waals surface area contributed by atoms with E-state index in [1.807, 2.05) is 72.8 Å². The van der Waals surface area contributed by atoms with Crippen LogP contribution < -0.4 is 10.1 Å². The normalized spacial score (nSPS) is 14.0. The SMILES string of the molecule is COc1ccc(CN(C(=O)CN(Cc2ccccc2)S(C)(=O)=O)[C@@H](Cc2ccccc2)C(=O)NCCC2=CCCCC2)cc1. The molecule has 4 rings (SSSR count). The Morgan fingerprint density at radius 2 is 1.50 bits per heavy atom. The molecule has 3 aromatic rings. The average Bonchev–Trinajstić information content (AvgIpc) is 3.03. The number of allylic oxidation sites excluding steroid dienone is 1. The molecule has 0 saturated carbocycles. The fourth-order valence-electron chi connectivity index (χ4n) is 5.40. The summed E-state index contributed by atoms with van der Waals surface area (Å²) in [7, 11) is -2.16. The van der Waals surface area contributed by atoms with Crippen molar-refractivity contribution in [3.63, 3.8) is 0 Å². The van der Waals surface area contributed by atoms with Gasteiger partial charge in [-0.3, -0.25) is 9.59 Å². The molecule has 1 aliphatic rings. The van der Waals surface area contributed by atoms with E-state index in [0.29, 0.717) is 12.3 Å². The second-order valence-corrected chi connectivity index (χ2v) is 13.2. The maximum atomic E-state index is 14.2. The van der Waals surface area contributed by atoms with Gasteiger partial charge in [-0.25, -0.2) is 8.42 Å². The lowest BCUT2D eigenvalue weighted by Crippen LogP contribution is -2.53. The Hall–Kier alpha value is -3.95. The lowest BCUT2D eigenvalue weighted by Gasteiger charge is -2.33. The number of sulfonamides is 1. The van der Waals surface area contributed by atoms with Gasteiger partial charge in [0.1, 0.15) is 11.8 Å². The summed E-state index contributed by atoms with van der Waals surface area (Å²) in [4.78, 5) is 29.6. The topological polar surface area (TPSA) is 96.0 Å². The highest BCUT2D eigenvalue weighted by Gasteiger charge is 2.33. The molecule has 1 atom stereocenters. The highest BCUT2D eigenvalue weighted by molar-refractivity contribution is 7.88. The first-order valence-electron chi connectivity index (χ1n) is 15.1. The molecule has 8 nitrogen and oxygen atoms in total. The Labute approximate surface area is 261 Å². The monoisotopic (exact) mass is 617 g/mol. The largest absolute Gasteiger partial charge is 0.497 e. The number of nitrogens with zero attached hydrogens (tertiary/aromatic N) is 2. The average molecular weight is 618 g/mol. The molecule has 0 spiro atoms. The molecule has 2 amide bonds. The Kier molecular flexibility index (Phi) is 12.1. The zero-order chi connectivity index (χ0) is 31.4. The minimum Gasteiger partial charge on any atom is -0.497 e. The van der Waals surface area contributed by atoms with Gasteiger partial charge in [-0.05, 0) is 60.9 Å². The molecule has 0 unspecified atom stereocenters. The van der Waals surface area contributed by atoms with Gasteiger partial charge < -0.3 is 15.0 Å². The number of nitrogens with one attached hydrogen (secondary N) is 1. The van der Waals surface area contributed by atoms with E-state index in [9.17, 15) is 18.0 Å². The number of hydrogen-bond acceptors (Lipinski definition) is 5.